The van der Waals surface area contributed by atoms with Gasteiger partial charge in [-0.05, 0) is 13.0 Å². The fraction of sp³-hybridized carbons (Fsp3) is 0.800. The summed E-state index contributed by atoms with van der Waals surface area (Å²) in [5, 5.41) is -0.0847. The molecule has 0 saturated carbocycles. The van der Waals surface area contributed by atoms with Gasteiger partial charge in [-0.25, -0.2) is 0 Å². The van der Waals surface area contributed by atoms with E-state index in [0.717, 1.165) is 0 Å². The third kappa shape index (κ3) is 4.03. The van der Waals surface area contributed by atoms with Crippen LogP contribution < -0.4 is 5.73 Å². The standard InChI is InChI=1S/C5H11NO2S2/c6-2-1-4(9)5(10)8-3-7/h3-5,9-10H,1-2,6H2. The summed E-state index contributed by atoms with van der Waals surface area (Å²) in [4.78, 5) is 9.79. The first-order chi connectivity index (χ1) is 4.72. The summed E-state index contributed by atoms with van der Waals surface area (Å²) in [7, 11) is 0. The van der Waals surface area contributed by atoms with Gasteiger partial charge in [0.1, 0.15) is 0 Å². The molecule has 0 aromatic heterocycles. The van der Waals surface area contributed by atoms with Gasteiger partial charge in [-0.15, -0.1) is 12.6 Å². The Morgan fingerprint density at radius 3 is 2.60 bits per heavy atom. The molecule has 0 aliphatic carbocycles. The number of carbonyl (C=O) groups is 1. The summed E-state index contributed by atoms with van der Waals surface area (Å²) < 4.78 is 4.51. The maximum Gasteiger partial charge on any atom is 0.294 e. The van der Waals surface area contributed by atoms with Crippen molar-refractivity contribution in [1.82, 2.24) is 0 Å². The molecule has 0 radical (unpaired) electrons. The van der Waals surface area contributed by atoms with Crippen molar-refractivity contribution in [3.05, 3.63) is 0 Å². The van der Waals surface area contributed by atoms with Gasteiger partial charge in [0.05, 0.1) is 0 Å². The molecule has 0 spiro atoms. The molecule has 5 heteroatoms. The average Bonchev–Trinajstić information content (AvgIpc) is 1.89. The summed E-state index contributed by atoms with van der Waals surface area (Å²) in [6.45, 7) is 0.880. The number of thiol groups is 2. The van der Waals surface area contributed by atoms with Crippen LogP contribution in [0.2, 0.25) is 0 Å². The fourth-order valence-electron chi connectivity index (χ4n) is 0.461. The lowest BCUT2D eigenvalue weighted by atomic mass is 10.3. The highest BCUT2D eigenvalue weighted by Gasteiger charge is 2.12. The summed E-state index contributed by atoms with van der Waals surface area (Å²) in [6, 6.07) is 0. The molecule has 2 N–H and O–H groups in total. The van der Waals surface area contributed by atoms with Crippen molar-refractivity contribution in [2.75, 3.05) is 6.54 Å². The Bertz CT molecular complexity index is 102. The van der Waals surface area contributed by atoms with Crippen LogP contribution in [0.1, 0.15) is 6.42 Å². The molecule has 0 aromatic carbocycles. The lowest BCUT2D eigenvalue weighted by Crippen LogP contribution is -2.21. The van der Waals surface area contributed by atoms with Crippen molar-refractivity contribution in [2.24, 2.45) is 5.73 Å². The first-order valence-electron chi connectivity index (χ1n) is 2.87. The van der Waals surface area contributed by atoms with Crippen LogP contribution in [0.5, 0.6) is 0 Å². The maximum absolute atomic E-state index is 9.79. The van der Waals surface area contributed by atoms with Gasteiger partial charge in [-0.1, -0.05) is 0 Å². The highest BCUT2D eigenvalue weighted by molar-refractivity contribution is 7.85. The largest absolute Gasteiger partial charge is 0.453 e. The van der Waals surface area contributed by atoms with Crippen LogP contribution in [0.15, 0.2) is 0 Å². The summed E-state index contributed by atoms with van der Waals surface area (Å²) in [6.07, 6.45) is 0.686. The summed E-state index contributed by atoms with van der Waals surface area (Å²) >= 11 is 8.05. The second-order valence-electron chi connectivity index (χ2n) is 1.77. The van der Waals surface area contributed by atoms with Gasteiger partial charge >= 0.3 is 0 Å². The van der Waals surface area contributed by atoms with E-state index in [4.69, 9.17) is 5.73 Å². The lowest BCUT2D eigenvalue weighted by molar-refractivity contribution is -0.129. The molecule has 0 bridgehead atoms. The van der Waals surface area contributed by atoms with Gasteiger partial charge in [0.2, 0.25) is 0 Å². The highest BCUT2D eigenvalue weighted by Crippen LogP contribution is 2.12. The number of ether oxygens (including phenoxy) is 1. The van der Waals surface area contributed by atoms with Crippen LogP contribution in [0.4, 0.5) is 0 Å². The van der Waals surface area contributed by atoms with Gasteiger partial charge in [-0.3, -0.25) is 4.79 Å². The fourth-order valence-corrected chi connectivity index (χ4v) is 0.879. The monoisotopic (exact) mass is 181 g/mol. The molecule has 0 aliphatic heterocycles. The third-order valence-electron chi connectivity index (χ3n) is 0.987. The van der Waals surface area contributed by atoms with Crippen molar-refractivity contribution in [3.63, 3.8) is 0 Å². The SMILES string of the molecule is NCCC(S)C(S)OC=O. The van der Waals surface area contributed by atoms with E-state index < -0.39 is 5.44 Å². The number of nitrogens with two attached hydrogens (primary N) is 1. The molecule has 60 valence electrons. The van der Waals surface area contributed by atoms with Crippen molar-refractivity contribution in [2.45, 2.75) is 17.1 Å². The van der Waals surface area contributed by atoms with E-state index in [1.54, 1.807) is 0 Å². The van der Waals surface area contributed by atoms with Gasteiger partial charge in [0.25, 0.3) is 6.47 Å². The molecular formula is C5H11NO2S2. The normalized spacial score (nSPS) is 15.9. The first-order valence-corrected chi connectivity index (χ1v) is 3.91. The molecule has 0 fully saturated rings. The summed E-state index contributed by atoms with van der Waals surface area (Å²) in [5.74, 6) is 0. The average molecular weight is 181 g/mol. The van der Waals surface area contributed by atoms with Crippen LogP contribution in [0.25, 0.3) is 0 Å². The van der Waals surface area contributed by atoms with E-state index >= 15 is 0 Å². The number of hydrogen-bond donors (Lipinski definition) is 3. The van der Waals surface area contributed by atoms with Crippen molar-refractivity contribution < 1.29 is 9.53 Å². The summed E-state index contributed by atoms with van der Waals surface area (Å²) in [5.41, 5.74) is 4.78. The maximum atomic E-state index is 9.79. The van der Waals surface area contributed by atoms with Crippen molar-refractivity contribution >= 4 is 31.7 Å². The minimum Gasteiger partial charge on any atom is -0.453 e. The number of hydrogen-bond acceptors (Lipinski definition) is 5. The predicted molar refractivity (Wildman–Crippen MR) is 46.4 cm³/mol. The van der Waals surface area contributed by atoms with Gasteiger partial charge in [0.15, 0.2) is 5.44 Å². The molecule has 3 nitrogen and oxygen atoms in total. The van der Waals surface area contributed by atoms with Crippen molar-refractivity contribution in [1.29, 1.82) is 0 Å². The Kier molecular flexibility index (Phi) is 5.96. The zero-order valence-electron chi connectivity index (χ0n) is 5.43. The van der Waals surface area contributed by atoms with Crippen molar-refractivity contribution in [3.8, 4) is 0 Å². The molecule has 0 amide bonds. The molecule has 10 heavy (non-hydrogen) atoms. The highest BCUT2D eigenvalue weighted by atomic mass is 32.1. The smallest absolute Gasteiger partial charge is 0.294 e. The van der Waals surface area contributed by atoms with Crippen LogP contribution in [-0.4, -0.2) is 23.7 Å². The molecule has 0 saturated heterocycles. The number of rotatable bonds is 5. The zero-order chi connectivity index (χ0) is 7.98. The first kappa shape index (κ1) is 10.1. The Hall–Kier alpha value is 0.130. The Balaban J connectivity index is 3.47. The number of carbonyl (C=O) groups excluding carboxylic acids is 1. The molecule has 0 heterocycles. The van der Waals surface area contributed by atoms with Crippen LogP contribution in [0.3, 0.4) is 0 Å². The van der Waals surface area contributed by atoms with E-state index in [1.807, 2.05) is 0 Å². The quantitative estimate of drug-likeness (QED) is 0.319. The topological polar surface area (TPSA) is 52.3 Å². The van der Waals surface area contributed by atoms with E-state index in [9.17, 15) is 4.79 Å². The minimum absolute atomic E-state index is 0.0847. The second kappa shape index (κ2) is 5.88. The molecular weight excluding hydrogens is 170 g/mol. The third-order valence-corrected chi connectivity index (χ3v) is 2.23. The minimum atomic E-state index is -0.454. The van der Waals surface area contributed by atoms with E-state index in [0.29, 0.717) is 19.4 Å². The van der Waals surface area contributed by atoms with Crippen LogP contribution in [-0.2, 0) is 9.53 Å². The van der Waals surface area contributed by atoms with Crippen LogP contribution in [0, 0.1) is 0 Å². The molecule has 0 rings (SSSR count). The Labute approximate surface area is 71.1 Å². The Morgan fingerprint density at radius 1 is 1.60 bits per heavy atom. The van der Waals surface area contributed by atoms with Gasteiger partial charge in [0, 0.05) is 5.25 Å². The second-order valence-corrected chi connectivity index (χ2v) is 2.94. The molecule has 0 aliphatic rings. The molecule has 2 atom stereocenters. The molecule has 2 unspecified atom stereocenters. The van der Waals surface area contributed by atoms with E-state index in [2.05, 4.69) is 30.0 Å². The van der Waals surface area contributed by atoms with E-state index in [-0.39, 0.29) is 5.25 Å². The zero-order valence-corrected chi connectivity index (χ0v) is 7.22. The van der Waals surface area contributed by atoms with E-state index in [1.165, 1.54) is 0 Å². The predicted octanol–water partition coefficient (Wildman–Crippen LogP) is 0.0625. The van der Waals surface area contributed by atoms with Gasteiger partial charge in [-0.2, -0.15) is 12.6 Å². The Morgan fingerprint density at radius 2 is 2.20 bits per heavy atom. The molecule has 0 aromatic rings. The lowest BCUT2D eigenvalue weighted by Gasteiger charge is -2.14. The van der Waals surface area contributed by atoms with Crippen LogP contribution >= 0.6 is 25.3 Å². The van der Waals surface area contributed by atoms with Gasteiger partial charge < -0.3 is 10.5 Å².